The van der Waals surface area contributed by atoms with Crippen molar-refractivity contribution in [2.45, 2.75) is 61.5 Å². The summed E-state index contributed by atoms with van der Waals surface area (Å²) < 4.78 is 11.0. The predicted octanol–water partition coefficient (Wildman–Crippen LogP) is 2.68. The zero-order valence-electron chi connectivity index (χ0n) is 14.0. The van der Waals surface area contributed by atoms with E-state index in [0.29, 0.717) is 0 Å². The van der Waals surface area contributed by atoms with Crippen molar-refractivity contribution in [1.82, 2.24) is 0 Å². The molecule has 0 aliphatic heterocycles. The lowest BCUT2D eigenvalue weighted by atomic mass is 10.1. The Morgan fingerprint density at radius 2 is 1.10 bits per heavy atom. The van der Waals surface area contributed by atoms with E-state index in [1.807, 2.05) is 41.2 Å². The average molecular weight is 391 g/mol. The standard InChI is InChI=1S/C12H30O2S4Si2/c1-11(2,13-5)7-9(19)15-17-18-16-10(20)8-12(3,4)14-6/h9-10H,7-8H2,1-6,19-20H3. The van der Waals surface area contributed by atoms with Crippen LogP contribution in [0, 0.1) is 0 Å². The van der Waals surface area contributed by atoms with Gasteiger partial charge in [-0.3, -0.25) is 0 Å². The summed E-state index contributed by atoms with van der Waals surface area (Å²) in [6.45, 7) is 8.69. The van der Waals surface area contributed by atoms with Crippen molar-refractivity contribution in [1.29, 1.82) is 0 Å². The zero-order chi connectivity index (χ0) is 15.8. The minimum Gasteiger partial charge on any atom is -0.379 e. The van der Waals surface area contributed by atoms with E-state index in [1.54, 1.807) is 14.2 Å². The lowest BCUT2D eigenvalue weighted by Crippen LogP contribution is -2.27. The van der Waals surface area contributed by atoms with Crippen molar-refractivity contribution in [2.75, 3.05) is 14.2 Å². The van der Waals surface area contributed by atoms with Crippen molar-refractivity contribution in [3.8, 4) is 0 Å². The number of methoxy groups -OCH3 is 2. The van der Waals surface area contributed by atoms with Gasteiger partial charge in [0, 0.05) is 44.5 Å². The molecule has 2 unspecified atom stereocenters. The molecule has 0 saturated heterocycles. The van der Waals surface area contributed by atoms with Crippen molar-refractivity contribution >= 4 is 61.7 Å². The van der Waals surface area contributed by atoms with E-state index >= 15 is 0 Å². The maximum absolute atomic E-state index is 5.50. The van der Waals surface area contributed by atoms with Crippen LogP contribution in [0.4, 0.5) is 0 Å². The minimum absolute atomic E-state index is 0.0144. The molecule has 0 fully saturated rings. The van der Waals surface area contributed by atoms with Gasteiger partial charge in [-0.2, -0.15) is 0 Å². The summed E-state index contributed by atoms with van der Waals surface area (Å²) in [6, 6.07) is 0. The summed E-state index contributed by atoms with van der Waals surface area (Å²) in [5.41, 5.74) is 0.0287. The van der Waals surface area contributed by atoms with Gasteiger partial charge in [0.2, 0.25) is 0 Å². The van der Waals surface area contributed by atoms with Crippen LogP contribution in [0.5, 0.6) is 0 Å². The Hall–Kier alpha value is 1.75. The Kier molecular flexibility index (Phi) is 11.4. The molecule has 0 spiro atoms. The fourth-order valence-electron chi connectivity index (χ4n) is 1.79. The molecule has 0 aromatic carbocycles. The second-order valence-electron chi connectivity index (χ2n) is 6.29. The Bertz CT molecular complexity index is 242. The van der Waals surface area contributed by atoms with Crippen LogP contribution in [0.2, 0.25) is 0 Å². The predicted molar refractivity (Wildman–Crippen MR) is 109 cm³/mol. The van der Waals surface area contributed by atoms with Crippen molar-refractivity contribution < 1.29 is 9.47 Å². The summed E-state index contributed by atoms with van der Waals surface area (Å²) in [4.78, 5) is 1.48. The van der Waals surface area contributed by atoms with Gasteiger partial charge in [0.25, 0.3) is 0 Å². The molecule has 8 heteroatoms. The SMILES string of the molecule is COC(C)(C)CC([SiH3])SSSSC([SiH3])CC(C)(C)OC. The molecule has 0 rings (SSSR count). The second-order valence-corrected chi connectivity index (χ2v) is 17.4. The Morgan fingerprint density at radius 1 is 0.800 bits per heavy atom. The van der Waals surface area contributed by atoms with Crippen LogP contribution in [0.15, 0.2) is 0 Å². The number of rotatable bonds is 11. The number of hydrogen-bond donors (Lipinski definition) is 0. The second kappa shape index (κ2) is 10.5. The monoisotopic (exact) mass is 390 g/mol. The van der Waals surface area contributed by atoms with E-state index in [4.69, 9.17) is 9.47 Å². The molecule has 0 radical (unpaired) electrons. The molecule has 0 bridgehead atoms. The Balaban J connectivity index is 3.76. The van der Waals surface area contributed by atoms with E-state index in [1.165, 1.54) is 20.5 Å². The minimum atomic E-state index is 0.0144. The zero-order valence-corrected chi connectivity index (χ0v) is 21.3. The molecule has 2 nitrogen and oxygen atoms in total. The van der Waals surface area contributed by atoms with Crippen molar-refractivity contribution in [3.63, 3.8) is 0 Å². The quantitative estimate of drug-likeness (QED) is 0.304. The molecule has 0 amide bonds. The normalized spacial score (nSPS) is 16.5. The lowest BCUT2D eigenvalue weighted by Gasteiger charge is -2.26. The molecule has 2 atom stereocenters. The molecule has 122 valence electrons. The van der Waals surface area contributed by atoms with E-state index in [9.17, 15) is 0 Å². The number of hydrogen-bond acceptors (Lipinski definition) is 6. The van der Waals surface area contributed by atoms with Gasteiger partial charge in [-0.1, -0.05) is 21.6 Å². The fraction of sp³-hybridized carbons (Fsp3) is 1.00. The topological polar surface area (TPSA) is 18.5 Å². The van der Waals surface area contributed by atoms with Gasteiger partial charge in [-0.25, -0.2) is 0 Å². The van der Waals surface area contributed by atoms with Crippen molar-refractivity contribution in [3.05, 3.63) is 0 Å². The first-order chi connectivity index (χ1) is 9.12. The molecule has 20 heavy (non-hydrogen) atoms. The van der Waals surface area contributed by atoms with Crippen molar-refractivity contribution in [2.24, 2.45) is 0 Å². The van der Waals surface area contributed by atoms with Gasteiger partial charge < -0.3 is 9.47 Å². The summed E-state index contributed by atoms with van der Waals surface area (Å²) in [7, 11) is 13.9. The summed E-state index contributed by atoms with van der Waals surface area (Å²) >= 11 is 0. The Morgan fingerprint density at radius 3 is 1.35 bits per heavy atom. The maximum atomic E-state index is 5.50. The fourth-order valence-corrected chi connectivity index (χ4v) is 15.4. The van der Waals surface area contributed by atoms with Crippen LogP contribution >= 0.6 is 41.2 Å². The molecular formula is C12H30O2S4Si2. The van der Waals surface area contributed by atoms with Crippen LogP contribution in [0.1, 0.15) is 40.5 Å². The van der Waals surface area contributed by atoms with Gasteiger partial charge in [-0.05, 0) is 60.2 Å². The highest BCUT2D eigenvalue weighted by molar-refractivity contribution is 9.26. The highest BCUT2D eigenvalue weighted by Crippen LogP contribution is 2.47. The maximum Gasteiger partial charge on any atom is 0.0630 e. The third-order valence-electron chi connectivity index (χ3n) is 3.10. The molecule has 0 N–H and O–H groups in total. The van der Waals surface area contributed by atoms with Gasteiger partial charge in [0.1, 0.15) is 0 Å². The van der Waals surface area contributed by atoms with Crippen LogP contribution in [0.3, 0.4) is 0 Å². The highest BCUT2D eigenvalue weighted by atomic mass is 33.7. The smallest absolute Gasteiger partial charge is 0.0630 e. The molecule has 0 aromatic heterocycles. The van der Waals surface area contributed by atoms with E-state index < -0.39 is 0 Å². The average Bonchev–Trinajstić information content (AvgIpc) is 2.33. The number of ether oxygens (including phenoxy) is 2. The first kappa shape index (κ1) is 21.8. The van der Waals surface area contributed by atoms with Crippen LogP contribution in [-0.2, 0) is 9.47 Å². The van der Waals surface area contributed by atoms with Crippen LogP contribution in [0.25, 0.3) is 0 Å². The van der Waals surface area contributed by atoms with E-state index in [2.05, 4.69) is 27.7 Å². The summed E-state index contributed by atoms with van der Waals surface area (Å²) in [5, 5.41) is 0. The third kappa shape index (κ3) is 11.3. The first-order valence-electron chi connectivity index (χ1n) is 6.87. The molecular weight excluding hydrogens is 361 g/mol. The van der Waals surface area contributed by atoms with Crippen LogP contribution < -0.4 is 0 Å². The Labute approximate surface area is 146 Å². The molecule has 0 aliphatic carbocycles. The molecule has 0 aromatic rings. The molecule has 0 heterocycles. The van der Waals surface area contributed by atoms with Crippen LogP contribution in [-0.4, -0.2) is 55.7 Å². The van der Waals surface area contributed by atoms with E-state index in [0.717, 1.165) is 22.6 Å². The third-order valence-corrected chi connectivity index (χ3v) is 14.6. The first-order valence-corrected chi connectivity index (χ1v) is 14.1. The lowest BCUT2D eigenvalue weighted by molar-refractivity contribution is 0.0186. The molecule has 0 aliphatic rings. The van der Waals surface area contributed by atoms with Gasteiger partial charge in [0.05, 0.1) is 11.2 Å². The van der Waals surface area contributed by atoms with E-state index in [-0.39, 0.29) is 11.2 Å². The van der Waals surface area contributed by atoms with Gasteiger partial charge in [-0.15, -0.1) is 0 Å². The highest BCUT2D eigenvalue weighted by Gasteiger charge is 2.22. The molecule has 0 saturated carbocycles. The van der Waals surface area contributed by atoms with Gasteiger partial charge in [0.15, 0.2) is 0 Å². The van der Waals surface area contributed by atoms with Gasteiger partial charge >= 0.3 is 0 Å². The summed E-state index contributed by atoms with van der Waals surface area (Å²) in [5.74, 6) is 0. The largest absolute Gasteiger partial charge is 0.379 e. The summed E-state index contributed by atoms with van der Waals surface area (Å²) in [6.07, 6.45) is 2.28.